The van der Waals surface area contributed by atoms with Gasteiger partial charge in [0.15, 0.2) is 23.0 Å². The summed E-state index contributed by atoms with van der Waals surface area (Å²) in [6.45, 7) is 0.147. The van der Waals surface area contributed by atoms with Gasteiger partial charge < -0.3 is 33.7 Å². The van der Waals surface area contributed by atoms with Crippen LogP contribution in [-0.2, 0) is 16.1 Å². The average Bonchev–Trinajstić information content (AvgIpc) is 3.03. The first-order chi connectivity index (χ1) is 20.9. The third-order valence-corrected chi connectivity index (χ3v) is 7.30. The molecular weight excluding hydrogens is 552 g/mol. The molecule has 0 radical (unpaired) electrons. The molecule has 1 aliphatic rings. The first kappa shape index (κ1) is 29.1. The van der Waals surface area contributed by atoms with Gasteiger partial charge in [-0.2, -0.15) is 0 Å². The lowest BCUT2D eigenvalue weighted by Gasteiger charge is -2.48. The van der Waals surface area contributed by atoms with Gasteiger partial charge >= 0.3 is 6.09 Å². The van der Waals surface area contributed by atoms with Crippen molar-refractivity contribution < 1.29 is 38.4 Å². The number of hydrogen-bond acceptors (Lipinski definition) is 8. The largest absolute Gasteiger partial charge is 0.504 e. The topological polar surface area (TPSA) is 116 Å². The molecular formula is C33H32N2O8. The maximum Gasteiger partial charge on any atom is 0.411 e. The summed E-state index contributed by atoms with van der Waals surface area (Å²) in [7, 11) is 6.00. The lowest BCUT2D eigenvalue weighted by molar-refractivity contribution is -0.126. The van der Waals surface area contributed by atoms with E-state index in [9.17, 15) is 14.7 Å². The fraction of sp³-hybridized carbons (Fsp3) is 0.212. The van der Waals surface area contributed by atoms with Gasteiger partial charge in [-0.15, -0.1) is 0 Å². The Kier molecular flexibility index (Phi) is 8.56. The number of ether oxygens (including phenoxy) is 5. The normalized spacial score (nSPS) is 15.7. The Bertz CT molecular complexity index is 1580. The van der Waals surface area contributed by atoms with Crippen molar-refractivity contribution in [2.75, 3.05) is 38.7 Å². The molecule has 10 heteroatoms. The molecule has 1 fully saturated rings. The summed E-state index contributed by atoms with van der Waals surface area (Å²) in [5, 5.41) is 13.3. The van der Waals surface area contributed by atoms with Gasteiger partial charge in [0, 0.05) is 17.8 Å². The summed E-state index contributed by atoms with van der Waals surface area (Å²) >= 11 is 0. The highest BCUT2D eigenvalue weighted by molar-refractivity contribution is 6.07. The molecule has 2 atom stereocenters. The number of phenolic OH excluding ortho intramolecular Hbond substituents is 1. The van der Waals surface area contributed by atoms with Crippen LogP contribution in [0.1, 0.15) is 28.7 Å². The van der Waals surface area contributed by atoms with Crippen molar-refractivity contribution >= 4 is 23.4 Å². The molecule has 0 aromatic heterocycles. The van der Waals surface area contributed by atoms with Crippen molar-refractivity contribution in [1.82, 2.24) is 0 Å². The van der Waals surface area contributed by atoms with E-state index < -0.39 is 18.1 Å². The predicted molar refractivity (Wildman–Crippen MR) is 160 cm³/mol. The Balaban J connectivity index is 1.42. The molecule has 0 unspecified atom stereocenters. The van der Waals surface area contributed by atoms with Gasteiger partial charge in [-0.1, -0.05) is 48.5 Å². The van der Waals surface area contributed by atoms with Gasteiger partial charge in [-0.3, -0.25) is 10.1 Å². The van der Waals surface area contributed by atoms with Gasteiger partial charge in [-0.25, -0.2) is 4.79 Å². The molecule has 0 saturated carbocycles. The van der Waals surface area contributed by atoms with Crippen LogP contribution in [0, 0.1) is 0 Å². The zero-order chi connectivity index (χ0) is 30.5. The van der Waals surface area contributed by atoms with E-state index in [1.54, 1.807) is 53.4 Å². The Morgan fingerprint density at radius 3 is 2.00 bits per heavy atom. The molecule has 1 saturated heterocycles. The third kappa shape index (κ3) is 5.85. The number of phenols is 1. The van der Waals surface area contributed by atoms with Crippen LogP contribution in [0.3, 0.4) is 0 Å². The van der Waals surface area contributed by atoms with E-state index >= 15 is 0 Å². The number of hydrogen-bond donors (Lipinski definition) is 2. The Morgan fingerprint density at radius 1 is 0.791 bits per heavy atom. The summed E-state index contributed by atoms with van der Waals surface area (Å²) < 4.78 is 27.0. The van der Waals surface area contributed by atoms with Gasteiger partial charge in [0.05, 0.1) is 46.1 Å². The Labute approximate surface area is 249 Å². The van der Waals surface area contributed by atoms with Gasteiger partial charge in [-0.05, 0) is 41.0 Å². The van der Waals surface area contributed by atoms with Crippen LogP contribution in [0.25, 0.3) is 0 Å². The molecule has 222 valence electrons. The lowest BCUT2D eigenvalue weighted by atomic mass is 9.77. The predicted octanol–water partition coefficient (Wildman–Crippen LogP) is 6.05. The number of carbonyl (C=O) groups is 2. The zero-order valence-corrected chi connectivity index (χ0v) is 24.2. The van der Waals surface area contributed by atoms with Crippen molar-refractivity contribution in [3.63, 3.8) is 0 Å². The zero-order valence-electron chi connectivity index (χ0n) is 24.2. The number of anilines is 2. The summed E-state index contributed by atoms with van der Waals surface area (Å²) in [5.41, 5.74) is 3.37. The first-order valence-corrected chi connectivity index (χ1v) is 13.5. The minimum atomic E-state index is -0.587. The molecule has 4 aromatic rings. The van der Waals surface area contributed by atoms with Crippen molar-refractivity contribution in [3.8, 4) is 28.7 Å². The molecule has 1 heterocycles. The van der Waals surface area contributed by atoms with Gasteiger partial charge in [0.25, 0.3) is 0 Å². The minimum absolute atomic E-state index is 0.0449. The van der Waals surface area contributed by atoms with Crippen LogP contribution >= 0.6 is 0 Å². The quantitative estimate of drug-likeness (QED) is 0.217. The second kappa shape index (κ2) is 12.6. The fourth-order valence-electron chi connectivity index (χ4n) is 5.19. The number of amides is 2. The van der Waals surface area contributed by atoms with Gasteiger partial charge in [0.1, 0.15) is 6.61 Å². The van der Waals surface area contributed by atoms with Crippen molar-refractivity contribution in [3.05, 3.63) is 102 Å². The molecule has 0 bridgehead atoms. The molecule has 4 aromatic carbocycles. The van der Waals surface area contributed by atoms with Crippen molar-refractivity contribution in [2.45, 2.75) is 18.6 Å². The van der Waals surface area contributed by atoms with E-state index in [0.29, 0.717) is 39.9 Å². The van der Waals surface area contributed by atoms with Crippen LogP contribution in [-0.4, -0.2) is 45.5 Å². The maximum atomic E-state index is 13.8. The fourth-order valence-corrected chi connectivity index (χ4v) is 5.19. The van der Waals surface area contributed by atoms with E-state index in [1.807, 2.05) is 36.4 Å². The maximum absolute atomic E-state index is 13.8. The second-order valence-corrected chi connectivity index (χ2v) is 9.75. The van der Waals surface area contributed by atoms with Crippen molar-refractivity contribution in [1.29, 1.82) is 0 Å². The molecule has 2 amide bonds. The number of nitrogens with one attached hydrogen (secondary N) is 1. The number of carbonyl (C=O) groups excluding carboxylic acids is 2. The lowest BCUT2D eigenvalue weighted by Crippen LogP contribution is -2.53. The molecule has 2 N–H and O–H groups in total. The highest BCUT2D eigenvalue weighted by atomic mass is 16.5. The molecule has 5 rings (SSSR count). The Morgan fingerprint density at radius 2 is 1.42 bits per heavy atom. The Hall–Kier alpha value is -5.38. The van der Waals surface area contributed by atoms with E-state index in [1.165, 1.54) is 28.4 Å². The molecule has 43 heavy (non-hydrogen) atoms. The van der Waals surface area contributed by atoms with E-state index in [4.69, 9.17) is 23.7 Å². The number of nitrogens with zero attached hydrogens (tertiary/aromatic N) is 1. The van der Waals surface area contributed by atoms with Crippen LogP contribution in [0.15, 0.2) is 84.9 Å². The third-order valence-electron chi connectivity index (χ3n) is 7.30. The summed E-state index contributed by atoms with van der Waals surface area (Å²) in [4.78, 5) is 27.8. The molecule has 10 nitrogen and oxygen atoms in total. The highest BCUT2D eigenvalue weighted by Crippen LogP contribution is 2.52. The number of methoxy groups -OCH3 is 4. The smallest absolute Gasteiger partial charge is 0.411 e. The summed E-state index contributed by atoms with van der Waals surface area (Å²) in [6.07, 6.45) is -0.587. The second-order valence-electron chi connectivity index (χ2n) is 9.75. The molecule has 1 aliphatic heterocycles. The highest BCUT2D eigenvalue weighted by Gasteiger charge is 2.50. The molecule has 0 aliphatic carbocycles. The summed E-state index contributed by atoms with van der Waals surface area (Å²) in [5.74, 6) is 0.736. The van der Waals surface area contributed by atoms with Crippen LogP contribution in [0.4, 0.5) is 16.2 Å². The van der Waals surface area contributed by atoms with Crippen LogP contribution in [0.5, 0.6) is 28.7 Å². The minimum Gasteiger partial charge on any atom is -0.504 e. The number of rotatable bonds is 10. The SMILES string of the molecule is COc1ccc([C@@H]2[C@@H](c3ccc(NC(=O)OCc4ccccc4)cc3)C(=O)N2c2cc(OC)c(OC)c(OC)c2)cc1O. The van der Waals surface area contributed by atoms with E-state index in [2.05, 4.69) is 5.32 Å². The number of aromatic hydroxyl groups is 1. The number of β-lactam (4-membered cyclic amide) rings is 1. The number of benzene rings is 4. The monoisotopic (exact) mass is 584 g/mol. The summed E-state index contributed by atoms with van der Waals surface area (Å²) in [6, 6.07) is 24.4. The molecule has 0 spiro atoms. The standard InChI is InChI=1S/C33H32N2O8/c1-39-26-15-12-22(16-25(26)36)30-29(32(37)35(30)24-17-27(40-2)31(42-4)28(18-24)41-3)21-10-13-23(14-11-21)34-33(38)43-19-20-8-6-5-7-9-20/h5-18,29-30,36H,19H2,1-4H3,(H,34,38)/t29-,30-/m1/s1. The van der Waals surface area contributed by atoms with Crippen LogP contribution in [0.2, 0.25) is 0 Å². The first-order valence-electron chi connectivity index (χ1n) is 13.5. The van der Waals surface area contributed by atoms with E-state index in [-0.39, 0.29) is 18.3 Å². The average molecular weight is 585 g/mol. The van der Waals surface area contributed by atoms with E-state index in [0.717, 1.165) is 11.1 Å². The van der Waals surface area contributed by atoms with Crippen molar-refractivity contribution in [2.24, 2.45) is 0 Å². The van der Waals surface area contributed by atoms with Crippen LogP contribution < -0.4 is 29.2 Å². The van der Waals surface area contributed by atoms with Gasteiger partial charge in [0.2, 0.25) is 11.7 Å².